The van der Waals surface area contributed by atoms with Crippen LogP contribution in [0.4, 0.5) is 4.39 Å². The summed E-state index contributed by atoms with van der Waals surface area (Å²) in [6, 6.07) is 18.1. The Hall–Kier alpha value is -2.65. The Morgan fingerprint density at radius 2 is 1.60 bits per heavy atom. The summed E-state index contributed by atoms with van der Waals surface area (Å²) in [7, 11) is 0. The van der Waals surface area contributed by atoms with E-state index in [-0.39, 0.29) is 5.82 Å². The Labute approximate surface area is 152 Å². The van der Waals surface area contributed by atoms with Crippen LogP contribution >= 0.6 is 11.3 Å². The van der Waals surface area contributed by atoms with Gasteiger partial charge in [0.2, 0.25) is 0 Å². The molecular weight excluding hydrogens is 331 g/mol. The highest BCUT2D eigenvalue weighted by Crippen LogP contribution is 2.26. The second-order valence-corrected chi connectivity index (χ2v) is 6.47. The van der Waals surface area contributed by atoms with Crippen LogP contribution in [-0.2, 0) is 0 Å². The first-order chi connectivity index (χ1) is 12.0. The minimum Gasteiger partial charge on any atom is -0.457 e. The lowest BCUT2D eigenvalue weighted by molar-refractivity contribution is 0.515. The van der Waals surface area contributed by atoms with E-state index in [1.807, 2.05) is 43.5 Å². The highest BCUT2D eigenvalue weighted by Gasteiger charge is 2.06. The Bertz CT molecular complexity index is 832. The number of benzene rings is 2. The molecule has 1 heterocycles. The monoisotopic (exact) mass is 352 g/mol. The predicted molar refractivity (Wildman–Crippen MR) is 106 cm³/mol. The smallest absolute Gasteiger partial charge is 0.137 e. The maximum atomic E-state index is 12.7. The largest absolute Gasteiger partial charge is 0.457 e. The summed E-state index contributed by atoms with van der Waals surface area (Å²) < 4.78 is 18.2. The van der Waals surface area contributed by atoms with E-state index in [9.17, 15) is 4.39 Å². The Morgan fingerprint density at radius 3 is 2.08 bits per heavy atom. The molecule has 0 spiro atoms. The zero-order chi connectivity index (χ0) is 18.2. The van der Waals surface area contributed by atoms with Gasteiger partial charge < -0.3 is 4.74 Å². The van der Waals surface area contributed by atoms with Gasteiger partial charge >= 0.3 is 0 Å². The standard InChI is InChI=1S/C13H11FOS.C9H10/c1-9-7-8-16-13(9)10(2)15-12-5-3-11(14)4-6-12;1-8(2)9-6-4-3-5-7-9/h3-8H,2H2,1H3;3-7H,1H2,2H3. The highest BCUT2D eigenvalue weighted by molar-refractivity contribution is 7.11. The van der Waals surface area contributed by atoms with E-state index in [1.165, 1.54) is 17.7 Å². The highest BCUT2D eigenvalue weighted by atomic mass is 32.1. The van der Waals surface area contributed by atoms with Crippen molar-refractivity contribution in [1.82, 2.24) is 0 Å². The van der Waals surface area contributed by atoms with Gasteiger partial charge in [0.1, 0.15) is 17.3 Å². The second kappa shape index (κ2) is 9.00. The molecule has 0 unspecified atom stereocenters. The fourth-order valence-electron chi connectivity index (χ4n) is 2.07. The third kappa shape index (κ3) is 5.73. The second-order valence-electron chi connectivity index (χ2n) is 5.56. The van der Waals surface area contributed by atoms with Crippen molar-refractivity contribution in [1.29, 1.82) is 0 Å². The molecule has 0 aliphatic rings. The number of ether oxygens (including phenoxy) is 1. The fourth-order valence-corrected chi connectivity index (χ4v) is 2.91. The van der Waals surface area contributed by atoms with E-state index in [1.54, 1.807) is 23.5 Å². The Balaban J connectivity index is 0.000000212. The molecule has 128 valence electrons. The van der Waals surface area contributed by atoms with Gasteiger partial charge in [0.15, 0.2) is 0 Å². The van der Waals surface area contributed by atoms with Gasteiger partial charge in [-0.2, -0.15) is 0 Å². The molecule has 0 bridgehead atoms. The van der Waals surface area contributed by atoms with Crippen molar-refractivity contribution in [3.8, 4) is 5.75 Å². The van der Waals surface area contributed by atoms with Crippen LogP contribution in [0.5, 0.6) is 5.75 Å². The lowest BCUT2D eigenvalue weighted by Crippen LogP contribution is -1.92. The third-order valence-corrected chi connectivity index (χ3v) is 4.49. The van der Waals surface area contributed by atoms with Gasteiger partial charge in [-0.05, 0) is 60.7 Å². The van der Waals surface area contributed by atoms with Crippen molar-refractivity contribution < 1.29 is 9.13 Å². The Morgan fingerprint density at radius 1 is 0.960 bits per heavy atom. The first kappa shape index (κ1) is 18.7. The molecule has 3 aromatic rings. The van der Waals surface area contributed by atoms with Crippen LogP contribution in [0.2, 0.25) is 0 Å². The maximum absolute atomic E-state index is 12.7. The van der Waals surface area contributed by atoms with Crippen LogP contribution < -0.4 is 4.74 Å². The molecule has 0 saturated carbocycles. The summed E-state index contributed by atoms with van der Waals surface area (Å²) in [6.07, 6.45) is 0. The minimum absolute atomic E-state index is 0.273. The molecule has 3 heteroatoms. The van der Waals surface area contributed by atoms with Crippen LogP contribution in [-0.4, -0.2) is 0 Å². The molecule has 0 radical (unpaired) electrons. The van der Waals surface area contributed by atoms with Gasteiger partial charge in [0.05, 0.1) is 4.88 Å². The van der Waals surface area contributed by atoms with Crippen LogP contribution in [0, 0.1) is 12.7 Å². The van der Waals surface area contributed by atoms with Crippen molar-refractivity contribution in [3.05, 3.63) is 101 Å². The van der Waals surface area contributed by atoms with Crippen LogP contribution in [0.3, 0.4) is 0 Å². The summed E-state index contributed by atoms with van der Waals surface area (Å²) in [5.41, 5.74) is 3.48. The van der Waals surface area contributed by atoms with Crippen molar-refractivity contribution in [2.24, 2.45) is 0 Å². The number of hydrogen-bond acceptors (Lipinski definition) is 2. The van der Waals surface area contributed by atoms with E-state index >= 15 is 0 Å². The maximum Gasteiger partial charge on any atom is 0.137 e. The first-order valence-electron chi connectivity index (χ1n) is 7.85. The third-order valence-electron chi connectivity index (χ3n) is 3.44. The molecular formula is C22H21FOS. The van der Waals surface area contributed by atoms with Crippen molar-refractivity contribution in [2.75, 3.05) is 0 Å². The van der Waals surface area contributed by atoms with E-state index in [2.05, 4.69) is 25.3 Å². The number of hydrogen-bond donors (Lipinski definition) is 0. The van der Waals surface area contributed by atoms with Gasteiger partial charge in [0, 0.05) is 0 Å². The zero-order valence-corrected chi connectivity index (χ0v) is 15.3. The topological polar surface area (TPSA) is 9.23 Å². The zero-order valence-electron chi connectivity index (χ0n) is 14.5. The SMILES string of the molecule is C=C(C)c1ccccc1.C=C(Oc1ccc(F)cc1)c1sccc1C. The summed E-state index contributed by atoms with van der Waals surface area (Å²) in [5.74, 6) is 0.920. The molecule has 0 saturated heterocycles. The average molecular weight is 352 g/mol. The number of halogens is 1. The van der Waals surface area contributed by atoms with Gasteiger partial charge in [-0.3, -0.25) is 0 Å². The van der Waals surface area contributed by atoms with E-state index in [4.69, 9.17) is 4.74 Å². The molecule has 1 aromatic heterocycles. The number of thiophene rings is 1. The molecule has 3 rings (SSSR count). The van der Waals surface area contributed by atoms with Gasteiger partial charge in [-0.1, -0.05) is 49.1 Å². The summed E-state index contributed by atoms with van der Waals surface area (Å²) in [6.45, 7) is 11.7. The quantitative estimate of drug-likeness (QED) is 0.461. The molecule has 0 atom stereocenters. The van der Waals surface area contributed by atoms with Crippen LogP contribution in [0.25, 0.3) is 11.3 Å². The summed E-state index contributed by atoms with van der Waals surface area (Å²) >= 11 is 1.58. The van der Waals surface area contributed by atoms with Gasteiger partial charge in [0.25, 0.3) is 0 Å². The summed E-state index contributed by atoms with van der Waals surface area (Å²) in [4.78, 5) is 1.02. The molecule has 0 fully saturated rings. The summed E-state index contributed by atoms with van der Waals surface area (Å²) in [5, 5.41) is 1.99. The number of rotatable bonds is 4. The molecule has 25 heavy (non-hydrogen) atoms. The van der Waals surface area contributed by atoms with Crippen molar-refractivity contribution >= 4 is 22.7 Å². The van der Waals surface area contributed by atoms with Gasteiger partial charge in [-0.25, -0.2) is 4.39 Å². The first-order valence-corrected chi connectivity index (χ1v) is 8.73. The minimum atomic E-state index is -0.273. The molecule has 0 N–H and O–H groups in total. The fraction of sp³-hybridized carbons (Fsp3) is 0.0909. The molecule has 0 aliphatic carbocycles. The van der Waals surface area contributed by atoms with Crippen LogP contribution in [0.1, 0.15) is 22.9 Å². The number of allylic oxidation sites excluding steroid dienone is 1. The van der Waals surface area contributed by atoms with E-state index in [0.29, 0.717) is 11.5 Å². The van der Waals surface area contributed by atoms with E-state index < -0.39 is 0 Å². The lowest BCUT2D eigenvalue weighted by atomic mass is 10.1. The number of aryl methyl sites for hydroxylation is 1. The van der Waals surface area contributed by atoms with Crippen molar-refractivity contribution in [2.45, 2.75) is 13.8 Å². The van der Waals surface area contributed by atoms with E-state index in [0.717, 1.165) is 16.0 Å². The van der Waals surface area contributed by atoms with Crippen LogP contribution in [0.15, 0.2) is 79.2 Å². The van der Waals surface area contributed by atoms with Gasteiger partial charge in [-0.15, -0.1) is 11.3 Å². The molecule has 1 nitrogen and oxygen atoms in total. The van der Waals surface area contributed by atoms with Crippen molar-refractivity contribution in [3.63, 3.8) is 0 Å². The normalized spacial score (nSPS) is 9.72. The Kier molecular flexibility index (Phi) is 6.72. The average Bonchev–Trinajstić information content (AvgIpc) is 3.04. The lowest BCUT2D eigenvalue weighted by Gasteiger charge is -2.07. The predicted octanol–water partition coefficient (Wildman–Crippen LogP) is 6.97. The molecule has 0 aliphatic heterocycles. The molecule has 0 amide bonds. The molecule has 2 aromatic carbocycles.